The molecule has 0 atom stereocenters. The van der Waals surface area contributed by atoms with E-state index in [0.717, 1.165) is 12.8 Å². The summed E-state index contributed by atoms with van der Waals surface area (Å²) < 4.78 is 0. The molecule has 0 saturated heterocycles. The predicted molar refractivity (Wildman–Crippen MR) is 60.1 cm³/mol. The van der Waals surface area contributed by atoms with Gasteiger partial charge in [0, 0.05) is 32.6 Å². The van der Waals surface area contributed by atoms with Gasteiger partial charge in [-0.3, -0.25) is 0 Å². The summed E-state index contributed by atoms with van der Waals surface area (Å²) in [6.07, 6.45) is 18.2. The summed E-state index contributed by atoms with van der Waals surface area (Å²) in [7, 11) is 0. The van der Waals surface area contributed by atoms with Crippen LogP contribution in [0, 0.1) is 0 Å². The average Bonchev–Trinajstić information content (AvgIpc) is 2.81. The molecular weight excluding hydrogens is 271 g/mol. The summed E-state index contributed by atoms with van der Waals surface area (Å²) in [4.78, 5) is 0. The van der Waals surface area contributed by atoms with Crippen LogP contribution in [0.25, 0.3) is 0 Å². The van der Waals surface area contributed by atoms with Gasteiger partial charge in [0.15, 0.2) is 0 Å². The first kappa shape index (κ1) is 14.1. The smallest absolute Gasteiger partial charge is 0.0108 e. The molecule has 2 aliphatic rings. The molecule has 0 aromatic carbocycles. The molecule has 0 radical (unpaired) electrons. The van der Waals surface area contributed by atoms with Crippen molar-refractivity contribution in [2.24, 2.45) is 0 Å². The third-order valence-corrected chi connectivity index (χ3v) is 2.15. The van der Waals surface area contributed by atoms with Gasteiger partial charge in [-0.05, 0) is 19.3 Å². The zero-order valence-electron chi connectivity index (χ0n) is 8.46. The second-order valence-corrected chi connectivity index (χ2v) is 3.09. The fraction of sp³-hybridized carbons (Fsp3) is 0.333. The van der Waals surface area contributed by atoms with E-state index in [1.165, 1.54) is 12.8 Å². The fourth-order valence-corrected chi connectivity index (χ4v) is 1.54. The van der Waals surface area contributed by atoms with Gasteiger partial charge in [-0.15, -0.1) is 11.6 Å². The van der Waals surface area contributed by atoms with Crippen LogP contribution in [-0.4, -0.2) is 6.38 Å². The van der Waals surface area contributed by atoms with Crippen molar-refractivity contribution in [1.82, 2.24) is 0 Å². The fourth-order valence-electron chi connectivity index (χ4n) is 1.54. The zero-order valence-corrected chi connectivity index (χ0v) is 11.7. The van der Waals surface area contributed by atoms with Crippen LogP contribution in [0.5, 0.6) is 0 Å². The topological polar surface area (TPSA) is 0 Å². The first-order chi connectivity index (χ1) is 6.45. The number of alkyl halides is 1. The molecule has 0 spiro atoms. The van der Waals surface area contributed by atoms with Gasteiger partial charge in [-0.2, -0.15) is 0 Å². The van der Waals surface area contributed by atoms with E-state index in [-0.39, 0.29) is 26.2 Å². The van der Waals surface area contributed by atoms with Gasteiger partial charge in [0.25, 0.3) is 0 Å². The van der Waals surface area contributed by atoms with Crippen LogP contribution < -0.4 is 0 Å². The predicted octanol–water partition coefficient (Wildman–Crippen LogP) is 4.00. The van der Waals surface area contributed by atoms with Crippen molar-refractivity contribution in [1.29, 1.82) is 0 Å². The zero-order chi connectivity index (χ0) is 9.52. The molecule has 0 saturated carbocycles. The largest absolute Gasteiger partial charge is 0.130 e. The van der Waals surface area contributed by atoms with Crippen molar-refractivity contribution >= 4 is 11.6 Å². The monoisotopic (exact) mass is 284 g/mol. The SMILES string of the molecule is C1=CCC(CC2=CC=CC2)=C1.CCl.[Zr]. The maximum absolute atomic E-state index is 4.64. The molecule has 0 aromatic rings. The molecule has 0 unspecified atom stereocenters. The number of halogens is 1. The Hall–Kier alpha value is 0.133. The van der Waals surface area contributed by atoms with Crippen LogP contribution in [-0.2, 0) is 26.2 Å². The molecule has 0 nitrogen and oxygen atoms in total. The Morgan fingerprint density at radius 1 is 1.00 bits per heavy atom. The quantitative estimate of drug-likeness (QED) is 0.673. The van der Waals surface area contributed by atoms with Gasteiger partial charge in [0.1, 0.15) is 0 Å². The number of hydrogen-bond donors (Lipinski definition) is 0. The molecule has 2 rings (SSSR count). The summed E-state index contributed by atoms with van der Waals surface area (Å²) in [5, 5.41) is 0. The first-order valence-corrected chi connectivity index (χ1v) is 5.28. The third kappa shape index (κ3) is 4.57. The second kappa shape index (κ2) is 8.44. The van der Waals surface area contributed by atoms with Gasteiger partial charge in [-0.1, -0.05) is 47.6 Å². The van der Waals surface area contributed by atoms with Crippen LogP contribution in [0.4, 0.5) is 0 Å². The molecule has 0 fully saturated rings. The summed E-state index contributed by atoms with van der Waals surface area (Å²) in [6.45, 7) is 0. The van der Waals surface area contributed by atoms with Crippen molar-refractivity contribution < 1.29 is 26.2 Å². The third-order valence-electron chi connectivity index (χ3n) is 2.15. The maximum Gasteiger partial charge on any atom is 0.0108 e. The minimum Gasteiger partial charge on any atom is -0.130 e. The molecule has 0 heterocycles. The van der Waals surface area contributed by atoms with E-state index in [9.17, 15) is 0 Å². The van der Waals surface area contributed by atoms with E-state index in [2.05, 4.69) is 48.1 Å². The minimum absolute atomic E-state index is 0. The Labute approximate surface area is 111 Å². The van der Waals surface area contributed by atoms with Crippen LogP contribution in [0.3, 0.4) is 0 Å². The Morgan fingerprint density at radius 2 is 1.43 bits per heavy atom. The molecule has 0 amide bonds. The standard InChI is InChI=1S/C11H12.CH3Cl.Zr/c1-2-6-10(5-1)9-11-7-3-4-8-11;1-2;/h1-5,7H,6,8-9H2;1H3;. The van der Waals surface area contributed by atoms with Gasteiger partial charge in [-0.25, -0.2) is 0 Å². The Kier molecular flexibility index (Phi) is 8.52. The summed E-state index contributed by atoms with van der Waals surface area (Å²) in [6, 6.07) is 0. The summed E-state index contributed by atoms with van der Waals surface area (Å²) >= 11 is 4.64. The minimum atomic E-state index is 0. The van der Waals surface area contributed by atoms with Gasteiger partial charge >= 0.3 is 0 Å². The Morgan fingerprint density at radius 3 is 1.71 bits per heavy atom. The number of hydrogen-bond acceptors (Lipinski definition) is 0. The Balaban J connectivity index is 0.000000531. The molecule has 0 bridgehead atoms. The number of rotatable bonds is 2. The molecular formula is C12H15ClZr. The van der Waals surface area contributed by atoms with E-state index in [0.29, 0.717) is 0 Å². The van der Waals surface area contributed by atoms with Crippen molar-refractivity contribution in [3.8, 4) is 0 Å². The molecule has 0 N–H and O–H groups in total. The van der Waals surface area contributed by atoms with Gasteiger partial charge in [0.05, 0.1) is 0 Å². The van der Waals surface area contributed by atoms with E-state index < -0.39 is 0 Å². The van der Waals surface area contributed by atoms with Crippen molar-refractivity contribution in [3.63, 3.8) is 0 Å². The van der Waals surface area contributed by atoms with E-state index in [1.807, 2.05) is 0 Å². The Bertz CT molecular complexity index is 244. The maximum atomic E-state index is 4.64. The molecule has 0 aromatic heterocycles. The normalized spacial score (nSPS) is 16.7. The molecule has 2 aliphatic carbocycles. The summed E-state index contributed by atoms with van der Waals surface area (Å²) in [5.41, 5.74) is 3.11. The first-order valence-electron chi connectivity index (χ1n) is 4.52. The molecule has 14 heavy (non-hydrogen) atoms. The number of allylic oxidation sites excluding steroid dienone is 8. The molecule has 0 aliphatic heterocycles. The second-order valence-electron chi connectivity index (χ2n) is 3.09. The molecule has 2 heteroatoms. The van der Waals surface area contributed by atoms with E-state index in [1.54, 1.807) is 11.1 Å². The van der Waals surface area contributed by atoms with Crippen LogP contribution in [0.2, 0.25) is 0 Å². The van der Waals surface area contributed by atoms with Gasteiger partial charge < -0.3 is 0 Å². The van der Waals surface area contributed by atoms with Crippen molar-refractivity contribution in [3.05, 3.63) is 47.6 Å². The van der Waals surface area contributed by atoms with Crippen molar-refractivity contribution in [2.75, 3.05) is 6.38 Å². The average molecular weight is 286 g/mol. The summed E-state index contributed by atoms with van der Waals surface area (Å²) in [5.74, 6) is 0. The van der Waals surface area contributed by atoms with E-state index >= 15 is 0 Å². The van der Waals surface area contributed by atoms with Crippen LogP contribution in [0.15, 0.2) is 47.6 Å². The van der Waals surface area contributed by atoms with Crippen LogP contribution in [0.1, 0.15) is 19.3 Å². The van der Waals surface area contributed by atoms with E-state index in [4.69, 9.17) is 0 Å². The van der Waals surface area contributed by atoms with Gasteiger partial charge in [0.2, 0.25) is 0 Å². The van der Waals surface area contributed by atoms with Crippen molar-refractivity contribution in [2.45, 2.75) is 19.3 Å². The molecule has 74 valence electrons. The van der Waals surface area contributed by atoms with Crippen LogP contribution >= 0.6 is 11.6 Å².